The van der Waals surface area contributed by atoms with E-state index in [-0.39, 0.29) is 0 Å². The summed E-state index contributed by atoms with van der Waals surface area (Å²) in [5.74, 6) is 0.863. The van der Waals surface area contributed by atoms with Gasteiger partial charge in [-0.2, -0.15) is 0 Å². The van der Waals surface area contributed by atoms with E-state index in [4.69, 9.17) is 0 Å². The molecule has 1 N–H and O–H groups in total. The summed E-state index contributed by atoms with van der Waals surface area (Å²) in [5.41, 5.74) is 9.53. The van der Waals surface area contributed by atoms with Crippen LogP contribution in [0, 0.1) is 11.8 Å². The Labute approximate surface area is 209 Å². The molecule has 2 aromatic carbocycles. The van der Waals surface area contributed by atoms with Crippen LogP contribution in [0.1, 0.15) is 30.4 Å². The smallest absolute Gasteiger partial charge is 0.0479 e. The Morgan fingerprint density at radius 1 is 0.714 bits per heavy atom. The highest BCUT2D eigenvalue weighted by Gasteiger charge is 2.28. The largest absolute Gasteiger partial charge is 0.382 e. The number of nitrogens with one attached hydrogen (secondary N) is 1. The van der Waals surface area contributed by atoms with Crippen molar-refractivity contribution in [1.82, 2.24) is 5.32 Å². The molecule has 3 atom stereocenters. The van der Waals surface area contributed by atoms with Gasteiger partial charge in [-0.1, -0.05) is 121 Å². The van der Waals surface area contributed by atoms with Crippen molar-refractivity contribution in [3.63, 3.8) is 0 Å². The normalized spacial score (nSPS) is 25.0. The highest BCUT2D eigenvalue weighted by Crippen LogP contribution is 2.41. The molecule has 0 heterocycles. The fourth-order valence-electron chi connectivity index (χ4n) is 5.54. The van der Waals surface area contributed by atoms with E-state index in [1.807, 2.05) is 0 Å². The van der Waals surface area contributed by atoms with Crippen molar-refractivity contribution in [1.29, 1.82) is 0 Å². The molecule has 35 heavy (non-hydrogen) atoms. The van der Waals surface area contributed by atoms with Gasteiger partial charge in [0.15, 0.2) is 0 Å². The number of hydrogen-bond donors (Lipinski definition) is 1. The average molecular weight is 454 g/mol. The van der Waals surface area contributed by atoms with Gasteiger partial charge in [0.2, 0.25) is 0 Å². The molecule has 0 aromatic heterocycles. The van der Waals surface area contributed by atoms with Gasteiger partial charge < -0.3 is 5.32 Å². The Balaban J connectivity index is 1.18. The third-order valence-electron chi connectivity index (χ3n) is 7.42. The van der Waals surface area contributed by atoms with E-state index in [1.165, 1.54) is 39.1 Å². The maximum atomic E-state index is 3.77. The Kier molecular flexibility index (Phi) is 6.07. The highest BCUT2D eigenvalue weighted by molar-refractivity contribution is 5.78. The Morgan fingerprint density at radius 2 is 1.46 bits per heavy atom. The van der Waals surface area contributed by atoms with E-state index in [1.54, 1.807) is 0 Å². The lowest BCUT2D eigenvalue weighted by Gasteiger charge is -2.32. The Hall–Kier alpha value is -3.84. The number of benzene rings is 2. The minimum Gasteiger partial charge on any atom is -0.382 e. The van der Waals surface area contributed by atoms with Gasteiger partial charge in [-0.15, -0.1) is 0 Å². The van der Waals surface area contributed by atoms with Gasteiger partial charge in [0, 0.05) is 23.6 Å². The predicted octanol–water partition coefficient (Wildman–Crippen LogP) is 7.97. The van der Waals surface area contributed by atoms with Gasteiger partial charge >= 0.3 is 0 Å². The second-order valence-corrected chi connectivity index (χ2v) is 9.72. The molecule has 0 aliphatic heterocycles. The first-order valence-corrected chi connectivity index (χ1v) is 12.8. The summed E-state index contributed by atoms with van der Waals surface area (Å²) in [5, 5.41) is 3.77. The molecule has 172 valence electrons. The third-order valence-corrected chi connectivity index (χ3v) is 7.42. The molecule has 0 spiro atoms. The van der Waals surface area contributed by atoms with Crippen LogP contribution in [0.15, 0.2) is 144 Å². The van der Waals surface area contributed by atoms with Crippen molar-refractivity contribution in [2.45, 2.75) is 25.3 Å². The van der Waals surface area contributed by atoms with Crippen molar-refractivity contribution in [2.24, 2.45) is 11.8 Å². The van der Waals surface area contributed by atoms with E-state index in [9.17, 15) is 0 Å². The molecule has 0 saturated carbocycles. The summed E-state index contributed by atoms with van der Waals surface area (Å²) in [7, 11) is 0. The van der Waals surface area contributed by atoms with Gasteiger partial charge in [-0.25, -0.2) is 0 Å². The molecule has 2 aromatic rings. The van der Waals surface area contributed by atoms with Crippen LogP contribution in [-0.4, -0.2) is 6.04 Å². The lowest BCUT2D eigenvalue weighted by molar-refractivity contribution is 0.613. The average Bonchev–Trinajstić information content (AvgIpc) is 2.94. The fraction of sp³-hybridized carbons (Fsp3) is 0.176. The monoisotopic (exact) mass is 453 g/mol. The molecule has 0 radical (unpaired) electrons. The minimum absolute atomic E-state index is 0.362. The van der Waals surface area contributed by atoms with Crippen LogP contribution in [0.25, 0.3) is 11.1 Å². The molecule has 1 nitrogen and oxygen atoms in total. The maximum Gasteiger partial charge on any atom is 0.0479 e. The van der Waals surface area contributed by atoms with Crippen LogP contribution in [0.4, 0.5) is 0 Å². The van der Waals surface area contributed by atoms with Gasteiger partial charge in [0.1, 0.15) is 0 Å². The van der Waals surface area contributed by atoms with E-state index < -0.39 is 0 Å². The van der Waals surface area contributed by atoms with Crippen LogP contribution in [0.2, 0.25) is 0 Å². The molecule has 0 fully saturated rings. The molecule has 6 rings (SSSR count). The second-order valence-electron chi connectivity index (χ2n) is 9.72. The van der Waals surface area contributed by atoms with E-state index in [2.05, 4.69) is 133 Å². The summed E-state index contributed by atoms with van der Waals surface area (Å²) in [4.78, 5) is 0. The van der Waals surface area contributed by atoms with Crippen LogP contribution in [-0.2, 0) is 0 Å². The molecular formula is C34H31N. The lowest BCUT2D eigenvalue weighted by Crippen LogP contribution is -2.28. The molecule has 4 aliphatic carbocycles. The Bertz CT molecular complexity index is 1330. The molecular weight excluding hydrogens is 422 g/mol. The fourth-order valence-corrected chi connectivity index (χ4v) is 5.54. The quantitative estimate of drug-likeness (QED) is 0.484. The number of rotatable bonds is 5. The van der Waals surface area contributed by atoms with Crippen LogP contribution < -0.4 is 5.32 Å². The molecule has 0 saturated heterocycles. The van der Waals surface area contributed by atoms with E-state index in [0.717, 1.165) is 19.3 Å². The second kappa shape index (κ2) is 9.80. The number of allylic oxidation sites excluding steroid dienone is 14. The van der Waals surface area contributed by atoms with Crippen molar-refractivity contribution in [2.75, 3.05) is 0 Å². The van der Waals surface area contributed by atoms with E-state index >= 15 is 0 Å². The van der Waals surface area contributed by atoms with Crippen molar-refractivity contribution in [3.05, 3.63) is 155 Å². The summed E-state index contributed by atoms with van der Waals surface area (Å²) in [6, 6.07) is 21.8. The first-order chi connectivity index (χ1) is 17.3. The van der Waals surface area contributed by atoms with Gasteiger partial charge in [0.25, 0.3) is 0 Å². The number of fused-ring (bicyclic) bond motifs is 1. The topological polar surface area (TPSA) is 12.0 Å². The Morgan fingerprint density at radius 3 is 2.14 bits per heavy atom. The summed E-state index contributed by atoms with van der Waals surface area (Å²) < 4.78 is 0. The summed E-state index contributed by atoms with van der Waals surface area (Å²) in [6.07, 6.45) is 28.7. The van der Waals surface area contributed by atoms with Crippen LogP contribution in [0.3, 0.4) is 0 Å². The molecule has 0 bridgehead atoms. The van der Waals surface area contributed by atoms with Gasteiger partial charge in [0.05, 0.1) is 0 Å². The lowest BCUT2D eigenvalue weighted by atomic mass is 9.73. The van der Waals surface area contributed by atoms with Gasteiger partial charge in [-0.05, 0) is 58.8 Å². The summed E-state index contributed by atoms with van der Waals surface area (Å²) in [6.45, 7) is 0. The van der Waals surface area contributed by atoms with Gasteiger partial charge in [-0.3, -0.25) is 0 Å². The molecule has 4 aliphatic rings. The highest BCUT2D eigenvalue weighted by atomic mass is 14.9. The van der Waals surface area contributed by atoms with Crippen LogP contribution >= 0.6 is 0 Å². The minimum atomic E-state index is 0.362. The van der Waals surface area contributed by atoms with Crippen molar-refractivity contribution >= 4 is 11.1 Å². The zero-order valence-corrected chi connectivity index (χ0v) is 20.0. The standard InChI is InChI=1S/C34H31N/c1-3-9-25(10-4-1)27-15-19-31(20-16-27)35-32-21-17-28(18-22-32)34-24-30(26-11-5-2-6-12-26)23-29-13-7-8-14-33(29)34/h1-17,19,21,23-24,29,31,33,35H,18,20,22H2. The van der Waals surface area contributed by atoms with Crippen LogP contribution in [0.5, 0.6) is 0 Å². The first kappa shape index (κ1) is 21.7. The zero-order valence-electron chi connectivity index (χ0n) is 20.0. The predicted molar refractivity (Wildman–Crippen MR) is 148 cm³/mol. The maximum absolute atomic E-state index is 3.77. The summed E-state index contributed by atoms with van der Waals surface area (Å²) >= 11 is 0. The first-order valence-electron chi connectivity index (χ1n) is 12.8. The van der Waals surface area contributed by atoms with E-state index in [0.29, 0.717) is 17.9 Å². The SMILES string of the molecule is C1=CC2C=C(c3ccccc3)C=C(C3=CC=C(NC4C=CC(c5ccccc5)=CC4)CC3)C2C=C1. The van der Waals surface area contributed by atoms with Crippen molar-refractivity contribution < 1.29 is 0 Å². The zero-order chi connectivity index (χ0) is 23.5. The number of hydrogen-bond acceptors (Lipinski definition) is 1. The third kappa shape index (κ3) is 4.72. The molecule has 0 amide bonds. The molecule has 1 heteroatoms. The van der Waals surface area contributed by atoms with Crippen molar-refractivity contribution in [3.8, 4) is 0 Å². The molecule has 3 unspecified atom stereocenters.